The van der Waals surface area contributed by atoms with Crippen LogP contribution in [0.3, 0.4) is 0 Å². The summed E-state index contributed by atoms with van der Waals surface area (Å²) in [4.78, 5) is 11.8. The van der Waals surface area contributed by atoms with Crippen molar-refractivity contribution >= 4 is 5.96 Å². The van der Waals surface area contributed by atoms with E-state index >= 15 is 0 Å². The Labute approximate surface area is 180 Å². The molecule has 1 fully saturated rings. The van der Waals surface area contributed by atoms with Crippen LogP contribution in [0.4, 0.5) is 0 Å². The molecule has 1 aromatic heterocycles. The Bertz CT molecular complexity index is 794. The van der Waals surface area contributed by atoms with E-state index in [0.717, 1.165) is 57.7 Å². The van der Waals surface area contributed by atoms with Gasteiger partial charge in [0, 0.05) is 45.1 Å². The average molecular weight is 413 g/mol. The fraction of sp³-hybridized carbons (Fsp3) is 0.565. The van der Waals surface area contributed by atoms with Crippen LogP contribution < -0.4 is 10.6 Å². The molecule has 2 N–H and O–H groups in total. The molecule has 164 valence electrons. The summed E-state index contributed by atoms with van der Waals surface area (Å²) in [6.07, 6.45) is 3.91. The number of hydrogen-bond acceptors (Lipinski definition) is 4. The van der Waals surface area contributed by atoms with Gasteiger partial charge in [-0.1, -0.05) is 38.1 Å². The van der Waals surface area contributed by atoms with E-state index in [0.29, 0.717) is 19.0 Å². The minimum absolute atomic E-state index is 0.586. The van der Waals surface area contributed by atoms with Gasteiger partial charge in [0.2, 0.25) is 0 Å². The summed E-state index contributed by atoms with van der Waals surface area (Å²) in [6, 6.07) is 8.60. The molecule has 7 nitrogen and oxygen atoms in total. The molecule has 0 unspecified atom stereocenters. The Balaban J connectivity index is 1.63. The Morgan fingerprint density at radius 1 is 1.17 bits per heavy atom. The Hall–Kier alpha value is -2.38. The van der Waals surface area contributed by atoms with Crippen molar-refractivity contribution in [2.75, 3.05) is 32.8 Å². The number of aliphatic imine (C=N–C) groups is 1. The molecule has 2 aromatic rings. The first-order valence-electron chi connectivity index (χ1n) is 11.0. The Morgan fingerprint density at radius 3 is 2.67 bits per heavy atom. The molecular formula is C23H36N6O. The molecule has 3 rings (SSSR count). The standard InChI is InChI=1S/C23H36N6O/c1-4-24-23(27-16-22-25-9-10-29(22)17-19(2)3)26-15-20-7-5-6-8-21(20)18-28-11-13-30-14-12-28/h5-10,19H,4,11-18H2,1-3H3,(H2,24,26,27). The third kappa shape index (κ3) is 6.85. The molecule has 7 heteroatoms. The number of morpholine rings is 1. The van der Waals surface area contributed by atoms with Crippen LogP contribution in [0, 0.1) is 5.92 Å². The van der Waals surface area contributed by atoms with Crippen molar-refractivity contribution in [3.05, 3.63) is 53.6 Å². The molecule has 0 spiro atoms. The third-order valence-corrected chi connectivity index (χ3v) is 5.15. The molecule has 2 heterocycles. The molecule has 0 aliphatic carbocycles. The number of benzene rings is 1. The van der Waals surface area contributed by atoms with Crippen LogP contribution in [0.25, 0.3) is 0 Å². The van der Waals surface area contributed by atoms with Gasteiger partial charge in [0.15, 0.2) is 5.96 Å². The van der Waals surface area contributed by atoms with Crippen molar-refractivity contribution in [3.8, 4) is 0 Å². The minimum atomic E-state index is 0.586. The van der Waals surface area contributed by atoms with Crippen LogP contribution >= 0.6 is 0 Å². The smallest absolute Gasteiger partial charge is 0.191 e. The van der Waals surface area contributed by atoms with Crippen LogP contribution in [-0.2, 0) is 30.9 Å². The van der Waals surface area contributed by atoms with E-state index in [2.05, 4.69) is 70.1 Å². The van der Waals surface area contributed by atoms with Gasteiger partial charge in [0.25, 0.3) is 0 Å². The Kier molecular flexibility index (Phi) is 8.71. The monoisotopic (exact) mass is 412 g/mol. The molecule has 0 atom stereocenters. The maximum atomic E-state index is 5.47. The summed E-state index contributed by atoms with van der Waals surface area (Å²) >= 11 is 0. The summed E-state index contributed by atoms with van der Waals surface area (Å²) in [6.45, 7) is 14.2. The van der Waals surface area contributed by atoms with Gasteiger partial charge < -0.3 is 19.9 Å². The fourth-order valence-corrected chi connectivity index (χ4v) is 3.60. The zero-order valence-electron chi connectivity index (χ0n) is 18.6. The maximum Gasteiger partial charge on any atom is 0.191 e. The molecule has 1 saturated heterocycles. The van der Waals surface area contributed by atoms with E-state index in [4.69, 9.17) is 9.73 Å². The Morgan fingerprint density at radius 2 is 1.93 bits per heavy atom. The number of imidazole rings is 1. The van der Waals surface area contributed by atoms with Gasteiger partial charge >= 0.3 is 0 Å². The highest BCUT2D eigenvalue weighted by molar-refractivity contribution is 5.79. The molecular weight excluding hydrogens is 376 g/mol. The van der Waals surface area contributed by atoms with Crippen LogP contribution in [0.5, 0.6) is 0 Å². The van der Waals surface area contributed by atoms with E-state index in [9.17, 15) is 0 Å². The van der Waals surface area contributed by atoms with Crippen molar-refractivity contribution in [1.29, 1.82) is 0 Å². The molecule has 1 aliphatic heterocycles. The predicted octanol–water partition coefficient (Wildman–Crippen LogP) is 2.63. The van der Waals surface area contributed by atoms with E-state index in [-0.39, 0.29) is 0 Å². The number of hydrogen-bond donors (Lipinski definition) is 2. The van der Waals surface area contributed by atoms with Crippen molar-refractivity contribution in [2.24, 2.45) is 10.9 Å². The number of nitrogens with zero attached hydrogens (tertiary/aromatic N) is 4. The second-order valence-corrected chi connectivity index (χ2v) is 8.10. The van der Waals surface area contributed by atoms with Crippen molar-refractivity contribution < 1.29 is 4.74 Å². The molecule has 1 aromatic carbocycles. The largest absolute Gasteiger partial charge is 0.379 e. The molecule has 0 bridgehead atoms. The molecule has 0 radical (unpaired) electrons. The second kappa shape index (κ2) is 11.7. The first-order valence-corrected chi connectivity index (χ1v) is 11.0. The van der Waals surface area contributed by atoms with E-state index in [1.54, 1.807) is 0 Å². The van der Waals surface area contributed by atoms with Gasteiger partial charge in [-0.25, -0.2) is 9.98 Å². The maximum absolute atomic E-state index is 5.47. The average Bonchev–Trinajstić information content (AvgIpc) is 3.18. The van der Waals surface area contributed by atoms with Crippen LogP contribution in [0.1, 0.15) is 37.7 Å². The quantitative estimate of drug-likeness (QED) is 0.490. The van der Waals surface area contributed by atoms with Crippen molar-refractivity contribution in [3.63, 3.8) is 0 Å². The lowest BCUT2D eigenvalue weighted by atomic mass is 10.1. The SMILES string of the molecule is CCNC(=NCc1ccccc1CN1CCOCC1)NCc1nccn1CC(C)C. The van der Waals surface area contributed by atoms with E-state index in [1.165, 1.54) is 11.1 Å². The number of ether oxygens (including phenoxy) is 1. The highest BCUT2D eigenvalue weighted by Crippen LogP contribution is 2.14. The van der Waals surface area contributed by atoms with Gasteiger partial charge in [-0.2, -0.15) is 0 Å². The van der Waals surface area contributed by atoms with Gasteiger partial charge in [-0.05, 0) is 24.0 Å². The second-order valence-electron chi connectivity index (χ2n) is 8.10. The lowest BCUT2D eigenvalue weighted by Gasteiger charge is -2.27. The fourth-order valence-electron chi connectivity index (χ4n) is 3.60. The summed E-state index contributed by atoms with van der Waals surface area (Å²) in [5.74, 6) is 2.43. The van der Waals surface area contributed by atoms with Crippen LogP contribution in [0.2, 0.25) is 0 Å². The van der Waals surface area contributed by atoms with Gasteiger partial charge in [-0.3, -0.25) is 4.90 Å². The summed E-state index contributed by atoms with van der Waals surface area (Å²) in [7, 11) is 0. The van der Waals surface area contributed by atoms with Gasteiger partial charge in [0.1, 0.15) is 5.82 Å². The topological polar surface area (TPSA) is 66.7 Å². The van der Waals surface area contributed by atoms with E-state index < -0.39 is 0 Å². The third-order valence-electron chi connectivity index (χ3n) is 5.15. The highest BCUT2D eigenvalue weighted by Gasteiger charge is 2.13. The van der Waals surface area contributed by atoms with Gasteiger partial charge in [0.05, 0.1) is 26.3 Å². The zero-order valence-corrected chi connectivity index (χ0v) is 18.6. The highest BCUT2D eigenvalue weighted by atomic mass is 16.5. The van der Waals surface area contributed by atoms with Crippen LogP contribution in [-0.4, -0.2) is 53.3 Å². The summed E-state index contributed by atoms with van der Waals surface area (Å²) < 4.78 is 7.68. The minimum Gasteiger partial charge on any atom is -0.379 e. The lowest BCUT2D eigenvalue weighted by molar-refractivity contribution is 0.0341. The summed E-state index contributed by atoms with van der Waals surface area (Å²) in [5.41, 5.74) is 2.61. The summed E-state index contributed by atoms with van der Waals surface area (Å²) in [5, 5.41) is 6.79. The number of rotatable bonds is 9. The van der Waals surface area contributed by atoms with Crippen molar-refractivity contribution in [2.45, 2.75) is 47.0 Å². The van der Waals surface area contributed by atoms with Crippen molar-refractivity contribution in [1.82, 2.24) is 25.1 Å². The lowest BCUT2D eigenvalue weighted by Crippen LogP contribution is -2.37. The number of nitrogens with one attached hydrogen (secondary N) is 2. The van der Waals surface area contributed by atoms with E-state index in [1.807, 2.05) is 12.4 Å². The molecule has 1 aliphatic rings. The number of guanidine groups is 1. The first-order chi connectivity index (χ1) is 14.7. The predicted molar refractivity (Wildman–Crippen MR) is 121 cm³/mol. The normalized spacial score (nSPS) is 15.5. The zero-order chi connectivity index (χ0) is 21.2. The number of aromatic nitrogens is 2. The first kappa shape index (κ1) is 22.3. The molecule has 0 amide bonds. The van der Waals surface area contributed by atoms with Crippen LogP contribution in [0.15, 0.2) is 41.7 Å². The van der Waals surface area contributed by atoms with Gasteiger partial charge in [-0.15, -0.1) is 0 Å². The molecule has 30 heavy (non-hydrogen) atoms. The molecule has 0 saturated carbocycles.